The van der Waals surface area contributed by atoms with Crippen LogP contribution in [0.25, 0.3) is 32.7 Å². The van der Waals surface area contributed by atoms with Crippen molar-refractivity contribution in [3.05, 3.63) is 96.4 Å². The van der Waals surface area contributed by atoms with E-state index in [1.54, 1.807) is 11.3 Å². The molecule has 0 N–H and O–H groups in total. The van der Waals surface area contributed by atoms with Crippen LogP contribution in [0, 0.1) is 0 Å². The largest absolute Gasteiger partial charge is 0.144 e. The van der Waals surface area contributed by atoms with Crippen LogP contribution in [0.5, 0.6) is 0 Å². The standard InChI is InChI=1S/C22H16S/c1-3-8-17(9-4-1)20-14-13-19(22-12-7-15-23-22)16-21(20)18-10-5-2-6-11-18/h1-16H. The van der Waals surface area contributed by atoms with Gasteiger partial charge in [-0.15, -0.1) is 11.3 Å². The third kappa shape index (κ3) is 2.84. The number of hydrogen-bond donors (Lipinski definition) is 0. The first kappa shape index (κ1) is 14.0. The lowest BCUT2D eigenvalue weighted by Crippen LogP contribution is -1.86. The molecule has 0 aliphatic carbocycles. The molecule has 0 aliphatic rings. The van der Waals surface area contributed by atoms with Crippen molar-refractivity contribution in [3.63, 3.8) is 0 Å². The molecular weight excluding hydrogens is 296 g/mol. The zero-order valence-corrected chi connectivity index (χ0v) is 13.5. The molecular formula is C22H16S. The van der Waals surface area contributed by atoms with Crippen molar-refractivity contribution in [3.8, 4) is 32.7 Å². The third-order valence-corrected chi connectivity index (χ3v) is 4.91. The average Bonchev–Trinajstić information content (AvgIpc) is 3.17. The molecule has 23 heavy (non-hydrogen) atoms. The number of thiophene rings is 1. The fourth-order valence-corrected chi connectivity index (χ4v) is 3.59. The molecule has 0 spiro atoms. The molecule has 1 heteroatoms. The highest BCUT2D eigenvalue weighted by Crippen LogP contribution is 2.36. The Bertz CT molecular complexity index is 891. The van der Waals surface area contributed by atoms with E-state index < -0.39 is 0 Å². The van der Waals surface area contributed by atoms with E-state index >= 15 is 0 Å². The van der Waals surface area contributed by atoms with Gasteiger partial charge in [0.1, 0.15) is 0 Å². The van der Waals surface area contributed by atoms with Crippen molar-refractivity contribution in [1.82, 2.24) is 0 Å². The lowest BCUT2D eigenvalue weighted by Gasteiger charge is -2.12. The summed E-state index contributed by atoms with van der Waals surface area (Å²) in [6, 6.07) is 32.3. The van der Waals surface area contributed by atoms with Crippen molar-refractivity contribution in [2.75, 3.05) is 0 Å². The van der Waals surface area contributed by atoms with Crippen LogP contribution in [0.4, 0.5) is 0 Å². The van der Waals surface area contributed by atoms with Crippen LogP contribution in [0.3, 0.4) is 0 Å². The van der Waals surface area contributed by atoms with Gasteiger partial charge in [-0.25, -0.2) is 0 Å². The van der Waals surface area contributed by atoms with Gasteiger partial charge in [-0.3, -0.25) is 0 Å². The summed E-state index contributed by atoms with van der Waals surface area (Å²) in [4.78, 5) is 1.31. The zero-order valence-electron chi connectivity index (χ0n) is 12.6. The van der Waals surface area contributed by atoms with E-state index in [-0.39, 0.29) is 0 Å². The first-order valence-electron chi connectivity index (χ1n) is 7.70. The highest BCUT2D eigenvalue weighted by molar-refractivity contribution is 7.13. The molecule has 0 bridgehead atoms. The van der Waals surface area contributed by atoms with Crippen molar-refractivity contribution >= 4 is 11.3 Å². The van der Waals surface area contributed by atoms with Crippen LogP contribution in [0.15, 0.2) is 96.4 Å². The fourth-order valence-electron chi connectivity index (χ4n) is 2.87. The molecule has 1 aromatic heterocycles. The van der Waals surface area contributed by atoms with E-state index in [4.69, 9.17) is 0 Å². The Balaban J connectivity index is 1.93. The molecule has 3 aromatic carbocycles. The minimum Gasteiger partial charge on any atom is -0.144 e. The SMILES string of the molecule is c1ccc(-c2ccc(-c3cccs3)cc2-c2ccccc2)cc1. The maximum atomic E-state index is 2.31. The molecule has 0 saturated carbocycles. The quantitative estimate of drug-likeness (QED) is 0.392. The Hall–Kier alpha value is -2.64. The molecule has 4 rings (SSSR count). The van der Waals surface area contributed by atoms with Gasteiger partial charge in [0.25, 0.3) is 0 Å². The first-order chi connectivity index (χ1) is 11.4. The van der Waals surface area contributed by atoms with Crippen LogP contribution < -0.4 is 0 Å². The Morgan fingerprint density at radius 1 is 0.478 bits per heavy atom. The lowest BCUT2D eigenvalue weighted by molar-refractivity contribution is 1.58. The summed E-state index contributed by atoms with van der Waals surface area (Å²) in [5.41, 5.74) is 6.34. The summed E-state index contributed by atoms with van der Waals surface area (Å²) in [5, 5.41) is 2.13. The van der Waals surface area contributed by atoms with Gasteiger partial charge < -0.3 is 0 Å². The molecule has 0 unspecified atom stereocenters. The second-order valence-corrected chi connectivity index (χ2v) is 6.42. The number of rotatable bonds is 3. The minimum absolute atomic E-state index is 1.25. The molecule has 110 valence electrons. The minimum atomic E-state index is 1.25. The van der Waals surface area contributed by atoms with Crippen LogP contribution in [-0.2, 0) is 0 Å². The smallest absolute Gasteiger partial charge is 0.0342 e. The molecule has 0 aliphatic heterocycles. The Kier molecular flexibility index (Phi) is 3.79. The summed E-state index contributed by atoms with van der Waals surface area (Å²) >= 11 is 1.78. The summed E-state index contributed by atoms with van der Waals surface area (Å²) in [5.74, 6) is 0. The highest BCUT2D eigenvalue weighted by atomic mass is 32.1. The van der Waals surface area contributed by atoms with Crippen LogP contribution in [0.1, 0.15) is 0 Å². The van der Waals surface area contributed by atoms with Gasteiger partial charge >= 0.3 is 0 Å². The van der Waals surface area contributed by atoms with E-state index in [1.165, 1.54) is 32.7 Å². The van der Waals surface area contributed by atoms with Gasteiger partial charge in [0.15, 0.2) is 0 Å². The van der Waals surface area contributed by atoms with Crippen LogP contribution in [0.2, 0.25) is 0 Å². The van der Waals surface area contributed by atoms with Gasteiger partial charge in [-0.1, -0.05) is 78.9 Å². The molecule has 0 amide bonds. The van der Waals surface area contributed by atoms with Crippen molar-refractivity contribution in [1.29, 1.82) is 0 Å². The topological polar surface area (TPSA) is 0 Å². The van der Waals surface area contributed by atoms with Gasteiger partial charge in [-0.2, -0.15) is 0 Å². The predicted octanol–water partition coefficient (Wildman–Crippen LogP) is 6.75. The van der Waals surface area contributed by atoms with E-state index in [2.05, 4.69) is 96.4 Å². The Morgan fingerprint density at radius 2 is 1.13 bits per heavy atom. The van der Waals surface area contributed by atoms with E-state index in [0.29, 0.717) is 0 Å². The van der Waals surface area contributed by atoms with Gasteiger partial charge in [0.05, 0.1) is 0 Å². The summed E-state index contributed by atoms with van der Waals surface area (Å²) < 4.78 is 0. The zero-order chi connectivity index (χ0) is 15.5. The molecule has 4 aromatic rings. The first-order valence-corrected chi connectivity index (χ1v) is 8.58. The number of benzene rings is 3. The molecule has 0 fully saturated rings. The van der Waals surface area contributed by atoms with Gasteiger partial charge in [-0.05, 0) is 45.3 Å². The second-order valence-electron chi connectivity index (χ2n) is 5.47. The third-order valence-electron chi connectivity index (χ3n) is 3.99. The van der Waals surface area contributed by atoms with Crippen molar-refractivity contribution in [2.24, 2.45) is 0 Å². The van der Waals surface area contributed by atoms with Gasteiger partial charge in [0, 0.05) is 4.88 Å². The molecule has 1 heterocycles. The predicted molar refractivity (Wildman–Crippen MR) is 101 cm³/mol. The van der Waals surface area contributed by atoms with E-state index in [9.17, 15) is 0 Å². The van der Waals surface area contributed by atoms with Crippen LogP contribution in [-0.4, -0.2) is 0 Å². The van der Waals surface area contributed by atoms with E-state index in [1.807, 2.05) is 0 Å². The monoisotopic (exact) mass is 312 g/mol. The fraction of sp³-hybridized carbons (Fsp3) is 0. The normalized spacial score (nSPS) is 10.6. The highest BCUT2D eigenvalue weighted by Gasteiger charge is 2.09. The Labute approximate surface area is 140 Å². The van der Waals surface area contributed by atoms with E-state index in [0.717, 1.165) is 0 Å². The molecule has 0 saturated heterocycles. The molecule has 0 radical (unpaired) electrons. The van der Waals surface area contributed by atoms with Crippen molar-refractivity contribution in [2.45, 2.75) is 0 Å². The Morgan fingerprint density at radius 3 is 1.74 bits per heavy atom. The van der Waals surface area contributed by atoms with Crippen molar-refractivity contribution < 1.29 is 0 Å². The summed E-state index contributed by atoms with van der Waals surface area (Å²) in [7, 11) is 0. The second kappa shape index (κ2) is 6.23. The van der Waals surface area contributed by atoms with Gasteiger partial charge in [0.2, 0.25) is 0 Å². The number of hydrogen-bond acceptors (Lipinski definition) is 1. The summed E-state index contributed by atoms with van der Waals surface area (Å²) in [6.45, 7) is 0. The maximum Gasteiger partial charge on any atom is 0.0342 e. The average molecular weight is 312 g/mol. The van der Waals surface area contributed by atoms with Crippen LogP contribution >= 0.6 is 11.3 Å². The molecule has 0 atom stereocenters. The maximum absolute atomic E-state index is 2.31. The lowest BCUT2D eigenvalue weighted by atomic mass is 9.92. The molecule has 0 nitrogen and oxygen atoms in total. The summed E-state index contributed by atoms with van der Waals surface area (Å²) in [6.07, 6.45) is 0.